The van der Waals surface area contributed by atoms with Crippen LogP contribution in [0.3, 0.4) is 0 Å². The van der Waals surface area contributed by atoms with E-state index in [1.165, 1.54) is 11.3 Å². The second-order valence-corrected chi connectivity index (χ2v) is 9.03. The van der Waals surface area contributed by atoms with Gasteiger partial charge < -0.3 is 15.2 Å². The predicted octanol–water partition coefficient (Wildman–Crippen LogP) is 4.54. The first-order chi connectivity index (χ1) is 18.0. The molecule has 4 rings (SSSR count). The van der Waals surface area contributed by atoms with Crippen molar-refractivity contribution < 1.29 is 24.3 Å². The lowest BCUT2D eigenvalue weighted by Crippen LogP contribution is -2.39. The van der Waals surface area contributed by atoms with Crippen molar-refractivity contribution in [2.24, 2.45) is 5.90 Å². The van der Waals surface area contributed by atoms with Crippen LogP contribution in [0.25, 0.3) is 0 Å². The summed E-state index contributed by atoms with van der Waals surface area (Å²) in [5.41, 5.74) is 2.19. The third-order valence-corrected chi connectivity index (χ3v) is 6.77. The molecule has 0 amide bonds. The van der Waals surface area contributed by atoms with E-state index >= 15 is 0 Å². The molecular weight excluding hydrogens is 490 g/mol. The largest absolute Gasteiger partial charge is 0.481 e. The number of carboxylic acid groups (broad SMARTS) is 1. The van der Waals surface area contributed by atoms with Crippen LogP contribution >= 0.6 is 11.3 Å². The van der Waals surface area contributed by atoms with Gasteiger partial charge in [0.05, 0.1) is 12.3 Å². The number of nitrogens with two attached hydrogens (primary N) is 1. The maximum absolute atomic E-state index is 12.4. The van der Waals surface area contributed by atoms with E-state index in [4.69, 9.17) is 15.5 Å². The lowest BCUT2D eigenvalue weighted by molar-refractivity contribution is -0.164. The van der Waals surface area contributed by atoms with Crippen LogP contribution in [0.15, 0.2) is 96.4 Å². The summed E-state index contributed by atoms with van der Waals surface area (Å²) in [6.07, 6.45) is -1.55. The van der Waals surface area contributed by atoms with Crippen LogP contribution in [0.1, 0.15) is 35.2 Å². The summed E-state index contributed by atoms with van der Waals surface area (Å²) >= 11 is 1.23. The van der Waals surface area contributed by atoms with Crippen LogP contribution in [0.5, 0.6) is 0 Å². The van der Waals surface area contributed by atoms with Gasteiger partial charge >= 0.3 is 11.9 Å². The maximum Gasteiger partial charge on any atom is 0.338 e. The molecule has 2 atom stereocenters. The Bertz CT molecular complexity index is 1220. The number of hydrogen-bond acceptors (Lipinski definition) is 8. The van der Waals surface area contributed by atoms with Crippen LogP contribution < -0.4 is 11.2 Å². The molecule has 0 saturated heterocycles. The van der Waals surface area contributed by atoms with Crippen molar-refractivity contribution >= 4 is 28.4 Å². The Balaban J connectivity index is 1.83. The molecule has 0 spiro atoms. The SMILES string of the molecule is CCOC(=O)C(ON)C(C(=O)O)c1csc(NC(c2ccccc2)(c2ccccc2)c2ccccc2)n1. The Labute approximate surface area is 218 Å². The lowest BCUT2D eigenvalue weighted by atomic mass is 9.77. The minimum atomic E-state index is -1.55. The molecule has 4 aromatic rings. The van der Waals surface area contributed by atoms with E-state index in [9.17, 15) is 14.7 Å². The number of ether oxygens (including phenoxy) is 1. The Morgan fingerprint density at radius 2 is 1.43 bits per heavy atom. The summed E-state index contributed by atoms with van der Waals surface area (Å²) in [5, 5.41) is 15.6. The van der Waals surface area contributed by atoms with Gasteiger partial charge in [0.2, 0.25) is 0 Å². The molecule has 4 N–H and O–H groups in total. The highest BCUT2D eigenvalue weighted by atomic mass is 32.1. The maximum atomic E-state index is 12.4. The summed E-state index contributed by atoms with van der Waals surface area (Å²) in [4.78, 5) is 33.9. The number of nitrogens with zero attached hydrogens (tertiary/aromatic N) is 1. The highest BCUT2D eigenvalue weighted by Crippen LogP contribution is 2.41. The molecule has 190 valence electrons. The minimum absolute atomic E-state index is 0.0582. The van der Waals surface area contributed by atoms with Gasteiger partial charge in [-0.2, -0.15) is 0 Å². The van der Waals surface area contributed by atoms with E-state index < -0.39 is 29.5 Å². The monoisotopic (exact) mass is 517 g/mol. The first-order valence-electron chi connectivity index (χ1n) is 11.7. The fourth-order valence-electron chi connectivity index (χ4n) is 4.33. The van der Waals surface area contributed by atoms with E-state index in [1.807, 2.05) is 91.0 Å². The van der Waals surface area contributed by atoms with Gasteiger partial charge in [0, 0.05) is 5.38 Å². The van der Waals surface area contributed by atoms with Crippen LogP contribution in [0.4, 0.5) is 5.13 Å². The number of aliphatic carboxylic acids is 1. The standard InChI is InChI=1S/C28H27N3O5S/c1-2-35-26(34)24(36-29)23(25(32)33)22-18-37-27(30-22)31-28(19-12-6-3-7-13-19,20-14-8-4-9-15-20)21-16-10-5-11-17-21/h3-18,23-24H,2,29H2,1H3,(H,30,31)(H,32,33). The van der Waals surface area contributed by atoms with Crippen LogP contribution in [0.2, 0.25) is 0 Å². The van der Waals surface area contributed by atoms with Crippen LogP contribution in [0, 0.1) is 0 Å². The Morgan fingerprint density at radius 3 is 1.84 bits per heavy atom. The number of rotatable bonds is 11. The second-order valence-electron chi connectivity index (χ2n) is 8.18. The quantitative estimate of drug-likeness (QED) is 0.151. The molecule has 0 saturated carbocycles. The normalized spacial score (nSPS) is 12.9. The second kappa shape index (κ2) is 11.8. The Kier molecular flexibility index (Phi) is 8.29. The highest BCUT2D eigenvalue weighted by molar-refractivity contribution is 7.13. The topological polar surface area (TPSA) is 124 Å². The fourth-order valence-corrected chi connectivity index (χ4v) is 5.14. The van der Waals surface area contributed by atoms with E-state index in [-0.39, 0.29) is 12.3 Å². The number of nitrogens with one attached hydrogen (secondary N) is 1. The smallest absolute Gasteiger partial charge is 0.338 e. The average molecular weight is 518 g/mol. The Morgan fingerprint density at radius 1 is 0.946 bits per heavy atom. The minimum Gasteiger partial charge on any atom is -0.481 e. The molecule has 1 heterocycles. The zero-order valence-corrected chi connectivity index (χ0v) is 20.9. The van der Waals surface area contributed by atoms with Crippen molar-refractivity contribution in [2.45, 2.75) is 24.5 Å². The van der Waals surface area contributed by atoms with Crippen LogP contribution in [-0.4, -0.2) is 34.7 Å². The Hall–Kier alpha value is -4.05. The molecule has 0 aliphatic heterocycles. The van der Waals surface area contributed by atoms with Crippen molar-refractivity contribution in [3.63, 3.8) is 0 Å². The van der Waals surface area contributed by atoms with Crippen molar-refractivity contribution in [3.8, 4) is 0 Å². The van der Waals surface area contributed by atoms with E-state index in [0.717, 1.165) is 16.7 Å². The molecule has 2 unspecified atom stereocenters. The number of anilines is 1. The summed E-state index contributed by atoms with van der Waals surface area (Å²) in [6.45, 7) is 1.67. The molecule has 3 aromatic carbocycles. The molecule has 8 nitrogen and oxygen atoms in total. The van der Waals surface area contributed by atoms with Crippen molar-refractivity contribution in [1.82, 2.24) is 4.98 Å². The highest BCUT2D eigenvalue weighted by Gasteiger charge is 2.41. The first-order valence-corrected chi connectivity index (χ1v) is 12.5. The molecule has 0 bridgehead atoms. The summed E-state index contributed by atoms with van der Waals surface area (Å²) in [5.74, 6) is 1.69. The molecule has 37 heavy (non-hydrogen) atoms. The summed E-state index contributed by atoms with van der Waals surface area (Å²) in [6, 6.07) is 29.8. The van der Waals surface area contributed by atoms with Crippen LogP contribution in [-0.2, 0) is 24.7 Å². The number of hydrogen-bond donors (Lipinski definition) is 3. The first kappa shape index (κ1) is 26.0. The molecule has 1 aromatic heterocycles. The molecule has 0 aliphatic carbocycles. The summed E-state index contributed by atoms with van der Waals surface area (Å²) < 4.78 is 4.96. The van der Waals surface area contributed by atoms with Gasteiger partial charge in [-0.25, -0.2) is 15.7 Å². The molecule has 0 radical (unpaired) electrons. The molecule has 0 fully saturated rings. The van der Waals surface area contributed by atoms with Gasteiger partial charge in [0.15, 0.2) is 11.2 Å². The van der Waals surface area contributed by atoms with E-state index in [2.05, 4.69) is 10.3 Å². The zero-order valence-electron chi connectivity index (χ0n) is 20.1. The van der Waals surface area contributed by atoms with Crippen molar-refractivity contribution in [2.75, 3.05) is 11.9 Å². The van der Waals surface area contributed by atoms with Gasteiger partial charge in [-0.1, -0.05) is 91.0 Å². The number of esters is 1. The number of benzene rings is 3. The van der Waals surface area contributed by atoms with Gasteiger partial charge in [-0.15, -0.1) is 11.3 Å². The fraction of sp³-hybridized carbons (Fsp3) is 0.179. The van der Waals surface area contributed by atoms with Gasteiger partial charge in [0.25, 0.3) is 0 Å². The van der Waals surface area contributed by atoms with Gasteiger partial charge in [0.1, 0.15) is 11.5 Å². The third-order valence-electron chi connectivity index (χ3n) is 5.99. The number of carbonyl (C=O) groups excluding carboxylic acids is 1. The number of carbonyl (C=O) groups is 2. The van der Waals surface area contributed by atoms with E-state index in [0.29, 0.717) is 5.13 Å². The van der Waals surface area contributed by atoms with Crippen molar-refractivity contribution in [1.29, 1.82) is 0 Å². The van der Waals surface area contributed by atoms with E-state index in [1.54, 1.807) is 12.3 Å². The third kappa shape index (κ3) is 5.39. The molecule has 0 aliphatic rings. The summed E-state index contributed by atoms with van der Waals surface area (Å²) in [7, 11) is 0. The molecular formula is C28H27N3O5S. The average Bonchev–Trinajstić information content (AvgIpc) is 3.39. The molecule has 9 heteroatoms. The van der Waals surface area contributed by atoms with Crippen molar-refractivity contribution in [3.05, 3.63) is 119 Å². The van der Waals surface area contributed by atoms with Gasteiger partial charge in [-0.05, 0) is 23.6 Å². The zero-order chi connectivity index (χ0) is 26.3. The number of thiazole rings is 1. The number of carboxylic acids is 1. The lowest BCUT2D eigenvalue weighted by Gasteiger charge is -2.36. The predicted molar refractivity (Wildman–Crippen MR) is 141 cm³/mol. The van der Waals surface area contributed by atoms with Gasteiger partial charge in [-0.3, -0.25) is 9.63 Å². The number of aromatic nitrogens is 1.